The molecule has 0 radical (unpaired) electrons. The molecule has 0 atom stereocenters. The monoisotopic (exact) mass is 487 g/mol. The molecule has 1 N–H and O–H groups in total. The molecule has 5 rings (SSSR count). The molecule has 3 aromatic heterocycles. The van der Waals surface area contributed by atoms with Crippen molar-refractivity contribution in [1.29, 1.82) is 0 Å². The number of hydrogen-bond acceptors (Lipinski definition) is 8. The maximum atomic E-state index is 12.7. The van der Waals surface area contributed by atoms with Gasteiger partial charge in [0.25, 0.3) is 0 Å². The van der Waals surface area contributed by atoms with Crippen LogP contribution in [0.15, 0.2) is 54.7 Å². The molecule has 35 heavy (non-hydrogen) atoms. The van der Waals surface area contributed by atoms with Gasteiger partial charge < -0.3 is 20.0 Å². The molecule has 9 heteroatoms. The molecule has 0 aliphatic carbocycles. The SMILES string of the molecule is Cc1ccc(N(C)c2ccc3nc(Nc4cc(CC(=O)N5CCN(C)CC5)ccn4)sc3n2)cc1. The van der Waals surface area contributed by atoms with Crippen LogP contribution in [0.4, 0.5) is 22.5 Å². The average Bonchev–Trinajstić information content (AvgIpc) is 3.26. The van der Waals surface area contributed by atoms with Crippen LogP contribution in [0.2, 0.25) is 0 Å². The third-order valence-corrected chi connectivity index (χ3v) is 7.16. The van der Waals surface area contributed by atoms with E-state index < -0.39 is 0 Å². The van der Waals surface area contributed by atoms with Gasteiger partial charge in [-0.1, -0.05) is 29.0 Å². The predicted octanol–water partition coefficient (Wildman–Crippen LogP) is 4.22. The largest absolute Gasteiger partial charge is 0.340 e. The highest BCUT2D eigenvalue weighted by atomic mass is 32.1. The van der Waals surface area contributed by atoms with Crippen molar-refractivity contribution in [2.24, 2.45) is 0 Å². The maximum absolute atomic E-state index is 12.7. The molecule has 4 heterocycles. The molecule has 8 nitrogen and oxygen atoms in total. The van der Waals surface area contributed by atoms with E-state index in [0.29, 0.717) is 12.2 Å². The van der Waals surface area contributed by atoms with E-state index in [2.05, 4.69) is 63.3 Å². The molecule has 1 aromatic carbocycles. The summed E-state index contributed by atoms with van der Waals surface area (Å²) in [5.41, 5.74) is 4.08. The molecule has 4 aromatic rings. The van der Waals surface area contributed by atoms with E-state index in [0.717, 1.165) is 58.7 Å². The lowest BCUT2D eigenvalue weighted by Crippen LogP contribution is -2.47. The number of aromatic nitrogens is 3. The van der Waals surface area contributed by atoms with Gasteiger partial charge in [0.05, 0.1) is 6.42 Å². The number of likely N-dealkylation sites (N-methyl/N-ethyl adjacent to an activating group) is 1. The number of rotatable bonds is 6. The lowest BCUT2D eigenvalue weighted by Gasteiger charge is -2.32. The smallest absolute Gasteiger partial charge is 0.227 e. The molecule has 0 bridgehead atoms. The number of benzene rings is 1. The van der Waals surface area contributed by atoms with Gasteiger partial charge in [0.15, 0.2) is 5.13 Å². The molecule has 0 unspecified atom stereocenters. The Bertz CT molecular complexity index is 1330. The Balaban J connectivity index is 1.28. The zero-order valence-electron chi connectivity index (χ0n) is 20.2. The van der Waals surface area contributed by atoms with Crippen LogP contribution in [-0.4, -0.2) is 70.9 Å². The summed E-state index contributed by atoms with van der Waals surface area (Å²) >= 11 is 1.48. The summed E-state index contributed by atoms with van der Waals surface area (Å²) in [7, 11) is 4.10. The summed E-state index contributed by atoms with van der Waals surface area (Å²) in [6.07, 6.45) is 2.10. The van der Waals surface area contributed by atoms with E-state index in [1.54, 1.807) is 6.20 Å². The number of carbonyl (C=O) groups excluding carboxylic acids is 1. The van der Waals surface area contributed by atoms with E-state index in [9.17, 15) is 4.79 Å². The van der Waals surface area contributed by atoms with Crippen molar-refractivity contribution in [3.05, 3.63) is 65.9 Å². The second kappa shape index (κ2) is 9.97. The van der Waals surface area contributed by atoms with Gasteiger partial charge in [-0.05, 0) is 55.9 Å². The highest BCUT2D eigenvalue weighted by Crippen LogP contribution is 2.30. The number of pyridine rings is 2. The van der Waals surface area contributed by atoms with Crippen molar-refractivity contribution < 1.29 is 4.79 Å². The van der Waals surface area contributed by atoms with E-state index in [1.807, 2.05) is 36.2 Å². The Kier molecular flexibility index (Phi) is 6.61. The fraction of sp³-hybridized carbons (Fsp3) is 0.308. The molecule has 1 amide bonds. The van der Waals surface area contributed by atoms with E-state index in [-0.39, 0.29) is 5.91 Å². The van der Waals surface area contributed by atoms with Crippen LogP contribution in [0.1, 0.15) is 11.1 Å². The first-order chi connectivity index (χ1) is 16.9. The summed E-state index contributed by atoms with van der Waals surface area (Å²) in [5, 5.41) is 4.01. The summed E-state index contributed by atoms with van der Waals surface area (Å²) in [5.74, 6) is 1.69. The van der Waals surface area contributed by atoms with Gasteiger partial charge in [0.1, 0.15) is 22.0 Å². The third kappa shape index (κ3) is 5.41. The van der Waals surface area contributed by atoms with Crippen molar-refractivity contribution in [1.82, 2.24) is 24.8 Å². The molecular formula is C26H29N7OS. The number of amides is 1. The van der Waals surface area contributed by atoms with Gasteiger partial charge in [-0.25, -0.2) is 15.0 Å². The van der Waals surface area contributed by atoms with Gasteiger partial charge in [-0.3, -0.25) is 4.79 Å². The van der Waals surface area contributed by atoms with E-state index in [4.69, 9.17) is 4.98 Å². The number of anilines is 4. The van der Waals surface area contributed by atoms with Crippen molar-refractivity contribution >= 4 is 50.0 Å². The second-order valence-electron chi connectivity index (χ2n) is 8.94. The Labute approximate surface area is 209 Å². The third-order valence-electron chi connectivity index (χ3n) is 6.28. The van der Waals surface area contributed by atoms with Gasteiger partial charge in [0.2, 0.25) is 5.91 Å². The topological polar surface area (TPSA) is 77.5 Å². The molecule has 180 valence electrons. The first-order valence-electron chi connectivity index (χ1n) is 11.7. The Morgan fingerprint density at radius 3 is 2.60 bits per heavy atom. The summed E-state index contributed by atoms with van der Waals surface area (Å²) in [4.78, 5) is 33.7. The lowest BCUT2D eigenvalue weighted by atomic mass is 10.1. The van der Waals surface area contributed by atoms with Crippen molar-refractivity contribution in [2.75, 3.05) is 50.5 Å². The van der Waals surface area contributed by atoms with Crippen LogP contribution in [0.5, 0.6) is 0 Å². The maximum Gasteiger partial charge on any atom is 0.227 e. The number of fused-ring (bicyclic) bond motifs is 1. The lowest BCUT2D eigenvalue weighted by molar-refractivity contribution is -0.132. The molecule has 1 aliphatic heterocycles. The highest BCUT2D eigenvalue weighted by Gasteiger charge is 2.19. The van der Waals surface area contributed by atoms with Crippen LogP contribution in [0.3, 0.4) is 0 Å². The zero-order valence-corrected chi connectivity index (χ0v) is 21.0. The first-order valence-corrected chi connectivity index (χ1v) is 12.5. The number of nitrogens with one attached hydrogen (secondary N) is 1. The molecule has 0 saturated carbocycles. The Morgan fingerprint density at radius 1 is 1.06 bits per heavy atom. The van der Waals surface area contributed by atoms with E-state index in [1.165, 1.54) is 16.9 Å². The van der Waals surface area contributed by atoms with Crippen molar-refractivity contribution in [3.63, 3.8) is 0 Å². The average molecular weight is 488 g/mol. The molecule has 0 spiro atoms. The molecule has 1 saturated heterocycles. The van der Waals surface area contributed by atoms with Crippen molar-refractivity contribution in [2.45, 2.75) is 13.3 Å². The number of piperazine rings is 1. The summed E-state index contributed by atoms with van der Waals surface area (Å²) in [6.45, 7) is 5.48. The number of carbonyl (C=O) groups is 1. The van der Waals surface area contributed by atoms with E-state index >= 15 is 0 Å². The minimum atomic E-state index is 0.157. The van der Waals surface area contributed by atoms with Gasteiger partial charge in [-0.15, -0.1) is 0 Å². The fourth-order valence-corrected chi connectivity index (χ4v) is 4.89. The van der Waals surface area contributed by atoms with Crippen LogP contribution >= 0.6 is 11.3 Å². The Morgan fingerprint density at radius 2 is 1.83 bits per heavy atom. The minimum Gasteiger partial charge on any atom is -0.340 e. The quantitative estimate of drug-likeness (QED) is 0.436. The number of nitrogens with zero attached hydrogens (tertiary/aromatic N) is 6. The predicted molar refractivity (Wildman–Crippen MR) is 142 cm³/mol. The fourth-order valence-electron chi connectivity index (χ4n) is 4.05. The van der Waals surface area contributed by atoms with Crippen LogP contribution in [-0.2, 0) is 11.2 Å². The number of thiazole rings is 1. The normalized spacial score (nSPS) is 14.3. The summed E-state index contributed by atoms with van der Waals surface area (Å²) < 4.78 is 0. The first kappa shape index (κ1) is 23.2. The van der Waals surface area contributed by atoms with Crippen LogP contribution in [0.25, 0.3) is 10.3 Å². The van der Waals surface area contributed by atoms with Gasteiger partial charge >= 0.3 is 0 Å². The molecule has 1 aliphatic rings. The van der Waals surface area contributed by atoms with Crippen LogP contribution in [0, 0.1) is 6.92 Å². The zero-order chi connectivity index (χ0) is 24.4. The summed E-state index contributed by atoms with van der Waals surface area (Å²) in [6, 6.07) is 16.2. The number of hydrogen-bond donors (Lipinski definition) is 1. The van der Waals surface area contributed by atoms with Crippen molar-refractivity contribution in [3.8, 4) is 0 Å². The molecule has 1 fully saturated rings. The van der Waals surface area contributed by atoms with Crippen LogP contribution < -0.4 is 10.2 Å². The molecular weight excluding hydrogens is 458 g/mol. The van der Waals surface area contributed by atoms with Gasteiger partial charge in [-0.2, -0.15) is 0 Å². The minimum absolute atomic E-state index is 0.157. The van der Waals surface area contributed by atoms with Gasteiger partial charge in [0, 0.05) is 45.1 Å². The Hall–Kier alpha value is -3.56. The highest BCUT2D eigenvalue weighted by molar-refractivity contribution is 7.21. The number of aryl methyl sites for hydroxylation is 1. The standard InChI is InChI=1S/C26H29N7OS/c1-18-4-6-20(7-5-18)32(3)23-9-8-21-25(30-23)35-26(28-21)29-22-16-19(10-11-27-22)17-24(34)33-14-12-31(2)13-15-33/h4-11,16H,12-15,17H2,1-3H3,(H,27,28,29). The second-order valence-corrected chi connectivity index (χ2v) is 9.92.